The molecule has 1 N–H and O–H groups in total. The molecule has 0 aliphatic rings. The van der Waals surface area contributed by atoms with E-state index in [1.807, 2.05) is 6.07 Å². The predicted octanol–water partition coefficient (Wildman–Crippen LogP) is 1.21. The Kier molecular flexibility index (Phi) is 2.03. The second-order valence-electron chi connectivity index (χ2n) is 2.45. The lowest BCUT2D eigenvalue weighted by Gasteiger charge is -1.96. The zero-order valence-corrected chi connectivity index (χ0v) is 7.36. The van der Waals surface area contributed by atoms with Gasteiger partial charge in [0.2, 0.25) is 11.1 Å². The summed E-state index contributed by atoms with van der Waals surface area (Å²) in [4.78, 5) is 7.88. The molecule has 0 spiro atoms. The molecule has 4 nitrogen and oxygen atoms in total. The molecule has 0 saturated carbocycles. The molecule has 1 atom stereocenters. The van der Waals surface area contributed by atoms with Crippen molar-refractivity contribution in [1.82, 2.24) is 9.97 Å². The van der Waals surface area contributed by atoms with Gasteiger partial charge in [0.1, 0.15) is 0 Å². The standard InChI is InChI=1S/C8H6N2O2S/c11-13(12)7-4-3-6-2-1-5-9-8(6)10-7/h1-5H,(H,11,12). The van der Waals surface area contributed by atoms with Gasteiger partial charge in [-0.05, 0) is 24.3 Å². The lowest BCUT2D eigenvalue weighted by molar-refractivity contribution is 0.561. The Balaban J connectivity index is 2.69. The summed E-state index contributed by atoms with van der Waals surface area (Å²) in [5, 5.41) is 0.989. The van der Waals surface area contributed by atoms with Crippen LogP contribution in [0.4, 0.5) is 0 Å². The highest BCUT2D eigenvalue weighted by atomic mass is 32.2. The topological polar surface area (TPSA) is 63.1 Å². The minimum atomic E-state index is -2.04. The highest BCUT2D eigenvalue weighted by molar-refractivity contribution is 7.79. The van der Waals surface area contributed by atoms with Gasteiger partial charge in [0, 0.05) is 11.6 Å². The van der Waals surface area contributed by atoms with Gasteiger partial charge in [-0.25, -0.2) is 14.2 Å². The van der Waals surface area contributed by atoms with Gasteiger partial charge >= 0.3 is 0 Å². The summed E-state index contributed by atoms with van der Waals surface area (Å²) in [5.41, 5.74) is 0.488. The summed E-state index contributed by atoms with van der Waals surface area (Å²) in [7, 11) is 0. The first-order valence-electron chi connectivity index (χ1n) is 3.60. The average Bonchev–Trinajstić information content (AvgIpc) is 2.17. The summed E-state index contributed by atoms with van der Waals surface area (Å²) >= 11 is -2.04. The van der Waals surface area contributed by atoms with Gasteiger partial charge in [-0.15, -0.1) is 0 Å². The first kappa shape index (κ1) is 8.28. The van der Waals surface area contributed by atoms with Crippen LogP contribution < -0.4 is 0 Å². The number of rotatable bonds is 1. The Bertz CT molecular complexity index is 472. The molecule has 0 bridgehead atoms. The molecule has 0 saturated heterocycles. The van der Waals surface area contributed by atoms with Crippen LogP contribution in [0.25, 0.3) is 11.0 Å². The second kappa shape index (κ2) is 3.20. The van der Waals surface area contributed by atoms with Gasteiger partial charge in [-0.1, -0.05) is 0 Å². The third-order valence-corrected chi connectivity index (χ3v) is 2.20. The maximum absolute atomic E-state index is 10.7. The number of hydrogen-bond donors (Lipinski definition) is 1. The SMILES string of the molecule is O=S(O)c1ccc2cccnc2n1. The largest absolute Gasteiger partial charge is 0.301 e. The zero-order chi connectivity index (χ0) is 9.26. The van der Waals surface area contributed by atoms with Gasteiger partial charge in [-0.2, -0.15) is 0 Å². The van der Waals surface area contributed by atoms with Crippen molar-refractivity contribution in [1.29, 1.82) is 0 Å². The quantitative estimate of drug-likeness (QED) is 0.693. The van der Waals surface area contributed by atoms with Crippen LogP contribution in [-0.2, 0) is 11.1 Å². The van der Waals surface area contributed by atoms with E-state index in [0.29, 0.717) is 5.65 Å². The van der Waals surface area contributed by atoms with Crippen molar-refractivity contribution in [2.75, 3.05) is 0 Å². The molecule has 0 radical (unpaired) electrons. The molecule has 5 heteroatoms. The molecule has 0 aromatic carbocycles. The van der Waals surface area contributed by atoms with Gasteiger partial charge in [0.15, 0.2) is 10.7 Å². The molecule has 0 fully saturated rings. The van der Waals surface area contributed by atoms with Gasteiger partial charge < -0.3 is 4.55 Å². The number of hydrogen-bond acceptors (Lipinski definition) is 3. The maximum atomic E-state index is 10.7. The van der Waals surface area contributed by atoms with Crippen molar-refractivity contribution < 1.29 is 8.76 Å². The Hall–Kier alpha value is -1.33. The van der Waals surface area contributed by atoms with Crippen LogP contribution in [0, 0.1) is 0 Å². The third-order valence-electron chi connectivity index (χ3n) is 1.62. The second-order valence-corrected chi connectivity index (χ2v) is 3.37. The summed E-state index contributed by atoms with van der Waals surface area (Å²) in [6.45, 7) is 0. The Morgan fingerprint density at radius 3 is 2.92 bits per heavy atom. The molecule has 1 unspecified atom stereocenters. The van der Waals surface area contributed by atoms with E-state index in [0.717, 1.165) is 5.39 Å². The lowest BCUT2D eigenvalue weighted by Crippen LogP contribution is -1.93. The fraction of sp³-hybridized carbons (Fsp3) is 0. The first-order chi connectivity index (χ1) is 6.27. The van der Waals surface area contributed by atoms with Crippen molar-refractivity contribution in [2.24, 2.45) is 0 Å². The fourth-order valence-electron chi connectivity index (χ4n) is 1.03. The molecule has 66 valence electrons. The molecular formula is C8H6N2O2S. The van der Waals surface area contributed by atoms with Crippen LogP contribution in [0.2, 0.25) is 0 Å². The molecular weight excluding hydrogens is 188 g/mol. The Morgan fingerprint density at radius 2 is 2.15 bits per heavy atom. The molecule has 0 aliphatic carbocycles. The number of aromatic nitrogens is 2. The highest BCUT2D eigenvalue weighted by Crippen LogP contribution is 2.10. The van der Waals surface area contributed by atoms with Crippen LogP contribution in [0.5, 0.6) is 0 Å². The van der Waals surface area contributed by atoms with Crippen LogP contribution in [-0.4, -0.2) is 18.7 Å². The highest BCUT2D eigenvalue weighted by Gasteiger charge is 2.02. The molecule has 2 rings (SSSR count). The van der Waals surface area contributed by atoms with Crippen molar-refractivity contribution in [3.63, 3.8) is 0 Å². The van der Waals surface area contributed by atoms with Gasteiger partial charge in [0.05, 0.1) is 0 Å². The van der Waals surface area contributed by atoms with E-state index < -0.39 is 11.1 Å². The molecule has 2 aromatic rings. The van der Waals surface area contributed by atoms with Crippen molar-refractivity contribution in [2.45, 2.75) is 5.03 Å². The minimum absolute atomic E-state index is 0.131. The monoisotopic (exact) mass is 194 g/mol. The summed E-state index contributed by atoms with van der Waals surface area (Å²) in [6.07, 6.45) is 1.60. The van der Waals surface area contributed by atoms with Crippen LogP contribution >= 0.6 is 0 Å². The van der Waals surface area contributed by atoms with E-state index in [-0.39, 0.29) is 5.03 Å². The average molecular weight is 194 g/mol. The predicted molar refractivity (Wildman–Crippen MR) is 48.6 cm³/mol. The first-order valence-corrected chi connectivity index (χ1v) is 4.71. The normalized spacial score (nSPS) is 13.0. The van der Waals surface area contributed by atoms with E-state index in [1.54, 1.807) is 18.3 Å². The van der Waals surface area contributed by atoms with E-state index in [4.69, 9.17) is 4.55 Å². The number of nitrogens with zero attached hydrogens (tertiary/aromatic N) is 2. The van der Waals surface area contributed by atoms with E-state index in [2.05, 4.69) is 9.97 Å². The molecule has 2 heterocycles. The van der Waals surface area contributed by atoms with Gasteiger partial charge in [-0.3, -0.25) is 0 Å². The summed E-state index contributed by atoms with van der Waals surface area (Å²) < 4.78 is 19.4. The third kappa shape index (κ3) is 1.56. The molecule has 0 aliphatic heterocycles. The number of pyridine rings is 2. The van der Waals surface area contributed by atoms with E-state index >= 15 is 0 Å². The van der Waals surface area contributed by atoms with Crippen LogP contribution in [0.1, 0.15) is 0 Å². The van der Waals surface area contributed by atoms with Gasteiger partial charge in [0.25, 0.3) is 0 Å². The van der Waals surface area contributed by atoms with Crippen molar-refractivity contribution in [3.8, 4) is 0 Å². The number of fused-ring (bicyclic) bond motifs is 1. The van der Waals surface area contributed by atoms with Crippen LogP contribution in [0.3, 0.4) is 0 Å². The summed E-state index contributed by atoms with van der Waals surface area (Å²) in [6, 6.07) is 6.87. The van der Waals surface area contributed by atoms with Crippen LogP contribution in [0.15, 0.2) is 35.5 Å². The lowest BCUT2D eigenvalue weighted by atomic mass is 10.3. The van der Waals surface area contributed by atoms with E-state index in [9.17, 15) is 4.21 Å². The maximum Gasteiger partial charge on any atom is 0.205 e. The molecule has 0 amide bonds. The molecule has 2 aromatic heterocycles. The van der Waals surface area contributed by atoms with Crippen molar-refractivity contribution in [3.05, 3.63) is 30.5 Å². The smallest absolute Gasteiger partial charge is 0.205 e. The Labute approximate surface area is 76.9 Å². The zero-order valence-electron chi connectivity index (χ0n) is 6.54. The minimum Gasteiger partial charge on any atom is -0.301 e. The van der Waals surface area contributed by atoms with Crippen molar-refractivity contribution >= 4 is 22.1 Å². The fourth-order valence-corrected chi connectivity index (χ4v) is 1.38. The van der Waals surface area contributed by atoms with E-state index in [1.165, 1.54) is 6.07 Å². The Morgan fingerprint density at radius 1 is 1.31 bits per heavy atom. The summed E-state index contributed by atoms with van der Waals surface area (Å²) in [5.74, 6) is 0. The molecule has 13 heavy (non-hydrogen) atoms.